The molecule has 30 nitrogen and oxygen atoms in total. The molecule has 0 atom stereocenters. The topological polar surface area (TPSA) is 438 Å². The van der Waals surface area contributed by atoms with Gasteiger partial charge in [-0.05, 0) is 201 Å². The zero-order chi connectivity index (χ0) is 95.6. The average molecular weight is 1830 g/mol. The Labute approximate surface area is 777 Å². The number of nitrogens with zero attached hydrogens (tertiary/aromatic N) is 8. The van der Waals surface area contributed by atoms with Crippen LogP contribution >= 0.6 is 0 Å². The molecule has 14 N–H and O–H groups in total. The molecule has 32 heteroatoms. The van der Waals surface area contributed by atoms with E-state index in [1.165, 1.54) is 36.7 Å². The van der Waals surface area contributed by atoms with Crippen LogP contribution in [0.2, 0.25) is 0 Å². The maximum atomic E-state index is 13.6. The molecule has 0 radical (unpaired) electrons. The van der Waals surface area contributed by atoms with Crippen molar-refractivity contribution in [3.63, 3.8) is 0 Å². The summed E-state index contributed by atoms with van der Waals surface area (Å²) in [6.07, 6.45) is 23.3. The lowest BCUT2D eigenvalue weighted by atomic mass is 9.70. The minimum absolute atomic E-state index is 0.194. The maximum absolute atomic E-state index is 13.6. The van der Waals surface area contributed by atoms with Crippen LogP contribution in [0.15, 0.2) is 286 Å². The van der Waals surface area contributed by atoms with Crippen LogP contribution in [-0.4, -0.2) is 141 Å². The number of aliphatic hydroxyl groups is 2. The summed E-state index contributed by atoms with van der Waals surface area (Å²) in [7, 11) is 0. The number of pyridine rings is 2. The van der Waals surface area contributed by atoms with Crippen LogP contribution in [0.3, 0.4) is 0 Å². The number of halogens is 2. The molecule has 0 saturated heterocycles. The molecule has 8 aromatic carbocycles. The van der Waals surface area contributed by atoms with Gasteiger partial charge >= 0.3 is 0 Å². The molecule has 12 aromatic rings. The summed E-state index contributed by atoms with van der Waals surface area (Å²) in [5, 5.41) is 67.6. The minimum atomic E-state index is -1.55. The summed E-state index contributed by atoms with van der Waals surface area (Å²) >= 11 is 0. The Morgan fingerprint density at radius 2 is 0.597 bits per heavy atom. The van der Waals surface area contributed by atoms with Crippen LogP contribution < -0.4 is 53.0 Å². The van der Waals surface area contributed by atoms with Gasteiger partial charge in [-0.3, -0.25) is 79.0 Å². The lowest BCUT2D eigenvalue weighted by Gasteiger charge is -2.34. The van der Waals surface area contributed by atoms with Crippen LogP contribution in [-0.2, 0) is 30.2 Å². The van der Waals surface area contributed by atoms with Gasteiger partial charge in [-0.1, -0.05) is 185 Å². The first-order chi connectivity index (χ1) is 65.2. The van der Waals surface area contributed by atoms with Gasteiger partial charge < -0.3 is 31.5 Å². The Morgan fingerprint density at radius 1 is 0.313 bits per heavy atom. The van der Waals surface area contributed by atoms with Crippen molar-refractivity contribution >= 4 is 81.9 Å². The standard InChI is InChI=1S/C28H30F2N2O4.C25H29N5O3.C25H28N4O4.C24H27N5O3/c29-24-14-10-22(11-15-24)28(19-33,23-12-16-25(30)17-13-23)21-8-6-20(7-9-21)27(35)31-18-4-2-1-3-5-26(34)32-36;1-19-11-8-9-14-22(19)30(21-12-5-4-6-13-21)25-27-17-20(18-28-25)24(32)26-16-10-3-2-7-15-23(31)29-33;30-23(29-33)11-3-1-2-6-18-28-24(31)19-12-14-20(15-13-19)25(32,21-9-4-7-16-26-21)22-10-5-8-17-27-22;30-22(28-32)15-9-1-2-10-16-25-23(31)19-17-26-24(27-18-19)29(20-11-5-3-6-12-20)21-13-7-4-8-14-21/h6-17,33,36H,1-5,18-19H2,(H,31,35)(H,32,34);4-6,8-9,11-14,17-18,33H,2-3,7,10,15-16H2,1H3,(H,26,32)(H,29,31);4-5,7-10,12-17,32-33H,1-3,6,11,18H2,(H,28,31)(H,29,30);3-8,11-14,17-18,32H,1-2,9-10,15-16H2,(H,25,31)(H,28,30). The van der Waals surface area contributed by atoms with Crippen molar-refractivity contribution < 1.29 is 78.2 Å². The van der Waals surface area contributed by atoms with Gasteiger partial charge in [-0.15, -0.1) is 0 Å². The van der Waals surface area contributed by atoms with Gasteiger partial charge in [-0.25, -0.2) is 50.6 Å². The van der Waals surface area contributed by atoms with Crippen molar-refractivity contribution in [1.29, 1.82) is 0 Å². The molecule has 0 aliphatic rings. The Morgan fingerprint density at radius 3 is 0.910 bits per heavy atom. The molecule has 12 rings (SSSR count). The van der Waals surface area contributed by atoms with Crippen molar-refractivity contribution in [1.82, 2.24) is 73.1 Å². The van der Waals surface area contributed by atoms with Crippen LogP contribution in [0.25, 0.3) is 0 Å². The summed E-state index contributed by atoms with van der Waals surface area (Å²) < 4.78 is 27.3. The van der Waals surface area contributed by atoms with E-state index in [2.05, 4.69) is 51.2 Å². The number of aromatic nitrogens is 6. The molecule has 0 unspecified atom stereocenters. The van der Waals surface area contributed by atoms with E-state index in [9.17, 15) is 57.4 Å². The van der Waals surface area contributed by atoms with E-state index >= 15 is 0 Å². The number of carbonyl (C=O) groups is 8. The van der Waals surface area contributed by atoms with E-state index in [1.807, 2.05) is 132 Å². The average Bonchev–Trinajstić information content (AvgIpc) is 0.759. The molecule has 0 aliphatic carbocycles. The molecular formula is C102H114F2N16O14. The fourth-order valence-corrected chi connectivity index (χ4v) is 14.5. The van der Waals surface area contributed by atoms with Crippen molar-refractivity contribution in [2.75, 3.05) is 42.6 Å². The third-order valence-corrected chi connectivity index (χ3v) is 21.8. The molecule has 0 aliphatic heterocycles. The number of hydrogen-bond acceptors (Lipinski definition) is 22. The molecule has 0 spiro atoms. The predicted octanol–water partition coefficient (Wildman–Crippen LogP) is 16.0. The van der Waals surface area contributed by atoms with Crippen LogP contribution in [0.1, 0.15) is 209 Å². The van der Waals surface area contributed by atoms with E-state index in [1.54, 1.807) is 156 Å². The number of hydrogen-bond donors (Lipinski definition) is 14. The number of carbonyl (C=O) groups excluding carboxylic acids is 8. The molecule has 134 heavy (non-hydrogen) atoms. The lowest BCUT2D eigenvalue weighted by molar-refractivity contribution is -0.130. The van der Waals surface area contributed by atoms with Crippen LogP contribution in [0, 0.1) is 18.6 Å². The van der Waals surface area contributed by atoms with Gasteiger partial charge in [0.05, 0.1) is 40.2 Å². The summed E-state index contributed by atoms with van der Waals surface area (Å²) in [5.74, 6) is -2.27. The third-order valence-electron chi connectivity index (χ3n) is 21.8. The third kappa shape index (κ3) is 31.8. The molecule has 0 saturated carbocycles. The first kappa shape index (κ1) is 103. The largest absolute Gasteiger partial charge is 0.395 e. The number of anilines is 6. The quantitative estimate of drug-likeness (QED) is 0.00729. The summed E-state index contributed by atoms with van der Waals surface area (Å²) in [5.41, 5.74) is 13.8. The lowest BCUT2D eigenvalue weighted by Crippen LogP contribution is -2.34. The number of amides is 8. The molecule has 0 fully saturated rings. The zero-order valence-corrected chi connectivity index (χ0v) is 74.6. The Bertz CT molecular complexity index is 5440. The number of unbranched alkanes of at least 4 members (excludes halogenated alkanes) is 12. The van der Waals surface area contributed by atoms with E-state index < -0.39 is 28.6 Å². The van der Waals surface area contributed by atoms with Crippen molar-refractivity contribution in [2.24, 2.45) is 0 Å². The van der Waals surface area contributed by atoms with Crippen LogP contribution in [0.5, 0.6) is 0 Å². The van der Waals surface area contributed by atoms with Crippen LogP contribution in [0.4, 0.5) is 43.4 Å². The molecule has 4 heterocycles. The maximum Gasteiger partial charge on any atom is 0.254 e. The van der Waals surface area contributed by atoms with E-state index in [-0.39, 0.29) is 54.4 Å². The number of rotatable bonds is 45. The number of aliphatic hydroxyl groups excluding tert-OH is 1. The first-order valence-corrected chi connectivity index (χ1v) is 44.4. The van der Waals surface area contributed by atoms with Crippen molar-refractivity contribution in [2.45, 2.75) is 146 Å². The fourth-order valence-electron chi connectivity index (χ4n) is 14.5. The van der Waals surface area contributed by atoms with E-state index in [0.717, 1.165) is 105 Å². The Balaban J connectivity index is 0.000000201. The molecule has 8 amide bonds. The Hall–Kier alpha value is -14.8. The minimum Gasteiger partial charge on any atom is -0.395 e. The molecule has 0 bridgehead atoms. The molecule has 4 aromatic heterocycles. The second-order valence-electron chi connectivity index (χ2n) is 31.2. The summed E-state index contributed by atoms with van der Waals surface area (Å²) in [6, 6.07) is 73.4. The van der Waals surface area contributed by atoms with Gasteiger partial charge in [-0.2, -0.15) is 0 Å². The highest BCUT2D eigenvalue weighted by Gasteiger charge is 2.38. The van der Waals surface area contributed by atoms with Gasteiger partial charge in [0.15, 0.2) is 5.60 Å². The highest BCUT2D eigenvalue weighted by Crippen LogP contribution is 2.41. The second-order valence-corrected chi connectivity index (χ2v) is 31.2. The summed E-state index contributed by atoms with van der Waals surface area (Å²) in [6.45, 7) is 3.76. The monoisotopic (exact) mass is 1820 g/mol. The number of nitrogens with one attached hydrogen (secondary N) is 8. The zero-order valence-electron chi connectivity index (χ0n) is 74.6. The first-order valence-electron chi connectivity index (χ1n) is 44.4. The number of hydroxylamine groups is 4. The number of benzene rings is 8. The Kier molecular flexibility index (Phi) is 43.1. The fraction of sp³-hybridized carbons (Fsp3) is 0.275. The smallest absolute Gasteiger partial charge is 0.254 e. The van der Waals surface area contributed by atoms with E-state index in [0.29, 0.717) is 139 Å². The highest BCUT2D eigenvalue weighted by atomic mass is 19.1. The molecular weight excluding hydrogens is 1710 g/mol. The van der Waals surface area contributed by atoms with Gasteiger partial charge in [0, 0.05) is 117 Å². The van der Waals surface area contributed by atoms with Crippen molar-refractivity contribution in [3.8, 4) is 0 Å². The van der Waals surface area contributed by atoms with Gasteiger partial charge in [0.25, 0.3) is 23.6 Å². The van der Waals surface area contributed by atoms with Gasteiger partial charge in [0.1, 0.15) is 11.6 Å². The van der Waals surface area contributed by atoms with Gasteiger partial charge in [0.2, 0.25) is 35.5 Å². The normalized spacial score (nSPS) is 10.8. The SMILES string of the molecule is Cc1ccccc1N(c1ccccc1)c1ncc(C(=O)NCCCCCCC(=O)NO)cn1.O=C(CCCCCCNC(=O)c1ccc(C(CO)(c2ccc(F)cc2)c2ccc(F)cc2)cc1)NO.O=C(CCCCCCNC(=O)c1ccc(C(O)(c2ccccn2)c2ccccn2)cc1)NO.O=C(CCCCCCNC(=O)c1cnc(N(c2ccccc2)c2ccccc2)nc1)NO. The van der Waals surface area contributed by atoms with Crippen molar-refractivity contribution in [3.05, 3.63) is 359 Å². The van der Waals surface area contributed by atoms with E-state index in [4.69, 9.17) is 20.8 Å². The second kappa shape index (κ2) is 56.0. The number of para-hydroxylation sites is 4. The predicted molar refractivity (Wildman–Crippen MR) is 503 cm³/mol. The number of aryl methyl sites for hydroxylation is 1. The highest BCUT2D eigenvalue weighted by molar-refractivity contribution is 5.96. The summed E-state index contributed by atoms with van der Waals surface area (Å²) in [4.78, 5) is 124. The molecule has 700 valence electrons.